The number of pyridine rings is 1. The smallest absolute Gasteiger partial charge is 0.257 e. The Kier molecular flexibility index (Phi) is 3.92. The van der Waals surface area contributed by atoms with Gasteiger partial charge in [-0.25, -0.2) is 4.39 Å². The number of carbonyl (C=O) groups is 1. The van der Waals surface area contributed by atoms with Crippen molar-refractivity contribution in [1.82, 2.24) is 4.98 Å². The first-order chi connectivity index (χ1) is 10.7. The normalized spacial score (nSPS) is 10.2. The molecule has 0 fully saturated rings. The van der Waals surface area contributed by atoms with Crippen molar-refractivity contribution in [3.63, 3.8) is 0 Å². The predicted molar refractivity (Wildman–Crippen MR) is 84.0 cm³/mol. The molecule has 3 aromatic rings. The molecule has 1 heterocycles. The van der Waals surface area contributed by atoms with Crippen LogP contribution in [0.2, 0.25) is 0 Å². The van der Waals surface area contributed by atoms with Crippen LogP contribution in [0.3, 0.4) is 0 Å². The summed E-state index contributed by atoms with van der Waals surface area (Å²) in [5.74, 6) is -0.588. The maximum atomic E-state index is 13.7. The third-order valence-electron chi connectivity index (χ3n) is 3.21. The molecular weight excluding hydrogens is 279 g/mol. The second kappa shape index (κ2) is 6.18. The van der Waals surface area contributed by atoms with Crippen LogP contribution in [0.1, 0.15) is 10.4 Å². The molecule has 108 valence electrons. The van der Waals surface area contributed by atoms with E-state index in [0.29, 0.717) is 22.5 Å². The summed E-state index contributed by atoms with van der Waals surface area (Å²) < 4.78 is 13.7. The Morgan fingerprint density at radius 2 is 1.64 bits per heavy atom. The quantitative estimate of drug-likeness (QED) is 0.788. The van der Waals surface area contributed by atoms with Gasteiger partial charge in [0.25, 0.3) is 5.91 Å². The number of anilines is 1. The predicted octanol–water partition coefficient (Wildman–Crippen LogP) is 4.14. The molecule has 0 saturated heterocycles. The van der Waals surface area contributed by atoms with Crippen molar-refractivity contribution in [3.8, 4) is 11.3 Å². The number of nitrogens with zero attached hydrogens (tertiary/aromatic N) is 1. The Hall–Kier alpha value is -3.01. The molecule has 0 aliphatic heterocycles. The molecule has 0 spiro atoms. The number of hydrogen-bond donors (Lipinski definition) is 1. The van der Waals surface area contributed by atoms with Gasteiger partial charge < -0.3 is 5.32 Å². The highest BCUT2D eigenvalue weighted by Crippen LogP contribution is 2.20. The van der Waals surface area contributed by atoms with Crippen molar-refractivity contribution in [3.05, 3.63) is 84.3 Å². The van der Waals surface area contributed by atoms with E-state index >= 15 is 0 Å². The third kappa shape index (κ3) is 3.01. The fourth-order valence-electron chi connectivity index (χ4n) is 2.08. The van der Waals surface area contributed by atoms with Gasteiger partial charge in [-0.2, -0.15) is 0 Å². The maximum absolute atomic E-state index is 13.7. The van der Waals surface area contributed by atoms with Gasteiger partial charge in [-0.15, -0.1) is 0 Å². The van der Waals surface area contributed by atoms with E-state index in [1.165, 1.54) is 12.3 Å². The van der Waals surface area contributed by atoms with Crippen molar-refractivity contribution in [1.29, 1.82) is 0 Å². The Bertz CT molecular complexity index is 786. The van der Waals surface area contributed by atoms with Gasteiger partial charge in [0.2, 0.25) is 0 Å². The van der Waals surface area contributed by atoms with Crippen LogP contribution in [-0.4, -0.2) is 10.9 Å². The summed E-state index contributed by atoms with van der Waals surface area (Å²) in [7, 11) is 0. The van der Waals surface area contributed by atoms with Crippen LogP contribution in [0.4, 0.5) is 10.1 Å². The van der Waals surface area contributed by atoms with E-state index in [1.807, 2.05) is 18.2 Å². The second-order valence-corrected chi connectivity index (χ2v) is 4.73. The number of rotatable bonds is 3. The van der Waals surface area contributed by atoms with E-state index in [1.54, 1.807) is 42.5 Å². The lowest BCUT2D eigenvalue weighted by atomic mass is 10.1. The minimum absolute atomic E-state index is 0.251. The minimum atomic E-state index is -0.337. The molecule has 0 aliphatic rings. The Morgan fingerprint density at radius 1 is 0.909 bits per heavy atom. The van der Waals surface area contributed by atoms with E-state index < -0.39 is 0 Å². The molecule has 4 heteroatoms. The summed E-state index contributed by atoms with van der Waals surface area (Å²) in [5.41, 5.74) is 2.04. The van der Waals surface area contributed by atoms with Crippen LogP contribution >= 0.6 is 0 Å². The van der Waals surface area contributed by atoms with Crippen LogP contribution < -0.4 is 5.32 Å². The Balaban J connectivity index is 1.80. The lowest BCUT2D eigenvalue weighted by molar-refractivity contribution is 0.102. The number of aromatic nitrogens is 1. The van der Waals surface area contributed by atoms with Crippen molar-refractivity contribution in [2.24, 2.45) is 0 Å². The molecular formula is C18H13FN2O. The fourth-order valence-corrected chi connectivity index (χ4v) is 2.08. The molecule has 0 aliphatic carbocycles. The summed E-state index contributed by atoms with van der Waals surface area (Å²) in [6, 6.07) is 18.8. The Labute approximate surface area is 127 Å². The summed E-state index contributed by atoms with van der Waals surface area (Å²) in [6.45, 7) is 0. The van der Waals surface area contributed by atoms with Gasteiger partial charge in [-0.05, 0) is 36.4 Å². The van der Waals surface area contributed by atoms with Crippen molar-refractivity contribution in [2.75, 3.05) is 5.32 Å². The number of para-hydroxylation sites is 1. The van der Waals surface area contributed by atoms with Crippen molar-refractivity contribution >= 4 is 11.6 Å². The highest BCUT2D eigenvalue weighted by molar-refractivity contribution is 6.04. The molecule has 1 aromatic heterocycles. The largest absolute Gasteiger partial charge is 0.322 e. The van der Waals surface area contributed by atoms with E-state index in [4.69, 9.17) is 0 Å². The molecule has 2 aromatic carbocycles. The Morgan fingerprint density at radius 3 is 2.32 bits per heavy atom. The average Bonchev–Trinajstić information content (AvgIpc) is 2.56. The fraction of sp³-hybridized carbons (Fsp3) is 0. The topological polar surface area (TPSA) is 42.0 Å². The molecule has 0 saturated carbocycles. The van der Waals surface area contributed by atoms with Crippen LogP contribution in [0.5, 0.6) is 0 Å². The van der Waals surface area contributed by atoms with Crippen molar-refractivity contribution < 1.29 is 9.18 Å². The van der Waals surface area contributed by atoms with Gasteiger partial charge in [0, 0.05) is 17.4 Å². The summed E-state index contributed by atoms with van der Waals surface area (Å²) in [6.07, 6.45) is 1.44. The molecule has 0 unspecified atom stereocenters. The number of carbonyl (C=O) groups excluding carboxylic acids is 1. The zero-order valence-electron chi connectivity index (χ0n) is 11.7. The summed E-state index contributed by atoms with van der Waals surface area (Å²) in [4.78, 5) is 16.3. The average molecular weight is 292 g/mol. The molecule has 3 rings (SSSR count). The SMILES string of the molecule is O=C(Nc1ccccc1)c1ccc(-c2ccccc2F)nc1. The van der Waals surface area contributed by atoms with Gasteiger partial charge in [0.15, 0.2) is 0 Å². The molecule has 0 radical (unpaired) electrons. The molecule has 1 N–H and O–H groups in total. The molecule has 22 heavy (non-hydrogen) atoms. The third-order valence-corrected chi connectivity index (χ3v) is 3.21. The van der Waals surface area contributed by atoms with Gasteiger partial charge in [0.1, 0.15) is 5.82 Å². The van der Waals surface area contributed by atoms with Gasteiger partial charge >= 0.3 is 0 Å². The first-order valence-corrected chi connectivity index (χ1v) is 6.81. The second-order valence-electron chi connectivity index (χ2n) is 4.73. The first-order valence-electron chi connectivity index (χ1n) is 6.81. The molecule has 1 amide bonds. The lowest BCUT2D eigenvalue weighted by Crippen LogP contribution is -2.12. The van der Waals surface area contributed by atoms with E-state index in [2.05, 4.69) is 10.3 Å². The van der Waals surface area contributed by atoms with Crippen LogP contribution in [0, 0.1) is 5.82 Å². The highest BCUT2D eigenvalue weighted by atomic mass is 19.1. The van der Waals surface area contributed by atoms with E-state index in [9.17, 15) is 9.18 Å². The van der Waals surface area contributed by atoms with Gasteiger partial charge in [-0.3, -0.25) is 9.78 Å². The highest BCUT2D eigenvalue weighted by Gasteiger charge is 2.09. The summed E-state index contributed by atoms with van der Waals surface area (Å²) >= 11 is 0. The molecule has 0 bridgehead atoms. The number of benzene rings is 2. The minimum Gasteiger partial charge on any atom is -0.322 e. The van der Waals surface area contributed by atoms with Gasteiger partial charge in [0.05, 0.1) is 11.3 Å². The molecule has 0 atom stereocenters. The standard InChI is InChI=1S/C18H13FN2O/c19-16-9-5-4-8-15(16)17-11-10-13(12-20-17)18(22)21-14-6-2-1-3-7-14/h1-12H,(H,21,22). The molecule has 3 nitrogen and oxygen atoms in total. The summed E-state index contributed by atoms with van der Waals surface area (Å²) in [5, 5.41) is 2.78. The maximum Gasteiger partial charge on any atom is 0.257 e. The van der Waals surface area contributed by atoms with E-state index in [-0.39, 0.29) is 11.7 Å². The lowest BCUT2D eigenvalue weighted by Gasteiger charge is -2.06. The monoisotopic (exact) mass is 292 g/mol. The van der Waals surface area contributed by atoms with E-state index in [0.717, 1.165) is 0 Å². The van der Waals surface area contributed by atoms with Crippen molar-refractivity contribution in [2.45, 2.75) is 0 Å². The number of amides is 1. The first kappa shape index (κ1) is 13.9. The number of nitrogens with one attached hydrogen (secondary N) is 1. The zero-order valence-corrected chi connectivity index (χ0v) is 11.7. The zero-order chi connectivity index (χ0) is 15.4. The number of halogens is 1. The van der Waals surface area contributed by atoms with Gasteiger partial charge in [-0.1, -0.05) is 30.3 Å². The number of hydrogen-bond acceptors (Lipinski definition) is 2. The van der Waals surface area contributed by atoms with Crippen LogP contribution in [0.25, 0.3) is 11.3 Å². The van der Waals surface area contributed by atoms with Crippen LogP contribution in [-0.2, 0) is 0 Å². The van der Waals surface area contributed by atoms with Crippen LogP contribution in [0.15, 0.2) is 72.9 Å².